The Morgan fingerprint density at radius 2 is 2.19 bits per heavy atom. The van der Waals surface area contributed by atoms with E-state index >= 15 is 0 Å². The van der Waals surface area contributed by atoms with E-state index in [0.717, 1.165) is 11.6 Å². The molecule has 2 aromatic rings. The molecule has 0 fully saturated rings. The van der Waals surface area contributed by atoms with E-state index in [1.807, 2.05) is 20.0 Å². The number of nitrogens with one attached hydrogen (secondary N) is 2. The summed E-state index contributed by atoms with van der Waals surface area (Å²) in [6.07, 6.45) is 1.87. The quantitative estimate of drug-likeness (QED) is 0.436. The molecule has 0 saturated carbocycles. The van der Waals surface area contributed by atoms with Gasteiger partial charge in [0.15, 0.2) is 11.8 Å². The first kappa shape index (κ1) is 17.8. The second-order valence-electron chi connectivity index (χ2n) is 4.15. The van der Waals surface area contributed by atoms with Gasteiger partial charge in [-0.25, -0.2) is 9.98 Å². The highest BCUT2D eigenvalue weighted by molar-refractivity contribution is 14.0. The monoisotopic (exact) mass is 422 g/mol. The number of guanidine groups is 1. The van der Waals surface area contributed by atoms with E-state index in [4.69, 9.17) is 4.52 Å². The SMILES string of the molecule is CCNC(=NCc1nc(C)no1)NCc1ncc(C)s1.I. The normalized spacial score (nSPS) is 11.1. The lowest BCUT2D eigenvalue weighted by molar-refractivity contribution is 0.376. The third-order valence-electron chi connectivity index (χ3n) is 2.36. The maximum atomic E-state index is 5.02. The van der Waals surface area contributed by atoms with E-state index in [-0.39, 0.29) is 24.0 Å². The number of aliphatic imine (C=N–C) groups is 1. The van der Waals surface area contributed by atoms with Gasteiger partial charge >= 0.3 is 0 Å². The summed E-state index contributed by atoms with van der Waals surface area (Å²) in [4.78, 5) is 14.0. The molecule has 0 aliphatic carbocycles. The molecular weight excluding hydrogens is 403 g/mol. The summed E-state index contributed by atoms with van der Waals surface area (Å²) in [5.74, 6) is 1.83. The zero-order valence-corrected chi connectivity index (χ0v) is 15.4. The van der Waals surface area contributed by atoms with E-state index in [0.29, 0.717) is 30.8 Å². The fraction of sp³-hybridized carbons (Fsp3) is 0.500. The number of hydrogen-bond donors (Lipinski definition) is 2. The lowest BCUT2D eigenvalue weighted by atomic mass is 10.6. The number of thiazole rings is 1. The molecule has 0 unspecified atom stereocenters. The minimum absolute atomic E-state index is 0. The van der Waals surface area contributed by atoms with Crippen molar-refractivity contribution >= 4 is 41.3 Å². The van der Waals surface area contributed by atoms with E-state index in [9.17, 15) is 0 Å². The number of rotatable bonds is 5. The number of aromatic nitrogens is 3. The molecule has 0 aliphatic rings. The summed E-state index contributed by atoms with van der Waals surface area (Å²) in [7, 11) is 0. The predicted octanol–water partition coefficient (Wildman–Crippen LogP) is 2.02. The highest BCUT2D eigenvalue weighted by atomic mass is 127. The van der Waals surface area contributed by atoms with Crippen LogP contribution in [0.3, 0.4) is 0 Å². The molecular formula is C12H19IN6OS. The second-order valence-corrected chi connectivity index (χ2v) is 5.47. The molecule has 116 valence electrons. The summed E-state index contributed by atoms with van der Waals surface area (Å²) in [5, 5.41) is 11.1. The zero-order chi connectivity index (χ0) is 14.4. The first-order chi connectivity index (χ1) is 9.67. The fourth-order valence-corrected chi connectivity index (χ4v) is 2.26. The van der Waals surface area contributed by atoms with Gasteiger partial charge in [0.1, 0.15) is 11.6 Å². The first-order valence-electron chi connectivity index (χ1n) is 6.40. The molecule has 2 rings (SSSR count). The van der Waals surface area contributed by atoms with Gasteiger partial charge < -0.3 is 15.2 Å². The van der Waals surface area contributed by atoms with Crippen molar-refractivity contribution in [1.29, 1.82) is 0 Å². The van der Waals surface area contributed by atoms with Crippen LogP contribution in [0.1, 0.15) is 28.5 Å². The van der Waals surface area contributed by atoms with Crippen LogP contribution in [0.2, 0.25) is 0 Å². The van der Waals surface area contributed by atoms with Gasteiger partial charge in [-0.3, -0.25) is 0 Å². The third-order valence-corrected chi connectivity index (χ3v) is 3.28. The third kappa shape index (κ3) is 5.96. The fourth-order valence-electron chi connectivity index (χ4n) is 1.54. The molecule has 0 radical (unpaired) electrons. The predicted molar refractivity (Wildman–Crippen MR) is 93.0 cm³/mol. The van der Waals surface area contributed by atoms with E-state index < -0.39 is 0 Å². The molecule has 2 N–H and O–H groups in total. The maximum Gasteiger partial charge on any atom is 0.248 e. The van der Waals surface area contributed by atoms with Gasteiger partial charge in [0.05, 0.1) is 6.54 Å². The van der Waals surface area contributed by atoms with Crippen molar-refractivity contribution in [2.75, 3.05) is 6.54 Å². The van der Waals surface area contributed by atoms with Crippen molar-refractivity contribution in [3.63, 3.8) is 0 Å². The van der Waals surface area contributed by atoms with Crippen molar-refractivity contribution < 1.29 is 4.52 Å². The van der Waals surface area contributed by atoms with Crippen LogP contribution in [-0.2, 0) is 13.1 Å². The van der Waals surface area contributed by atoms with Crippen LogP contribution in [0.25, 0.3) is 0 Å². The largest absolute Gasteiger partial charge is 0.357 e. The van der Waals surface area contributed by atoms with Crippen LogP contribution in [0.15, 0.2) is 15.7 Å². The van der Waals surface area contributed by atoms with Gasteiger partial charge in [-0.05, 0) is 20.8 Å². The minimum Gasteiger partial charge on any atom is -0.357 e. The molecule has 0 spiro atoms. The Morgan fingerprint density at radius 3 is 2.76 bits per heavy atom. The van der Waals surface area contributed by atoms with Crippen molar-refractivity contribution in [1.82, 2.24) is 25.8 Å². The van der Waals surface area contributed by atoms with Gasteiger partial charge in [0, 0.05) is 17.6 Å². The maximum absolute atomic E-state index is 5.02. The van der Waals surface area contributed by atoms with Crippen LogP contribution in [-0.4, -0.2) is 27.6 Å². The van der Waals surface area contributed by atoms with Crippen molar-refractivity contribution in [3.05, 3.63) is 27.8 Å². The highest BCUT2D eigenvalue weighted by Gasteiger charge is 2.04. The molecule has 2 heterocycles. The Balaban J connectivity index is 0.00000220. The van der Waals surface area contributed by atoms with Gasteiger partial charge in [-0.15, -0.1) is 35.3 Å². The average Bonchev–Trinajstić information content (AvgIpc) is 3.02. The van der Waals surface area contributed by atoms with Crippen molar-refractivity contribution in [2.45, 2.75) is 33.9 Å². The molecule has 9 heteroatoms. The molecule has 0 atom stereocenters. The van der Waals surface area contributed by atoms with E-state index in [1.54, 1.807) is 18.3 Å². The molecule has 21 heavy (non-hydrogen) atoms. The van der Waals surface area contributed by atoms with Crippen molar-refractivity contribution in [3.8, 4) is 0 Å². The molecule has 0 aliphatic heterocycles. The van der Waals surface area contributed by atoms with Crippen LogP contribution in [0.4, 0.5) is 0 Å². The number of aryl methyl sites for hydroxylation is 2. The van der Waals surface area contributed by atoms with E-state index in [1.165, 1.54) is 4.88 Å². The van der Waals surface area contributed by atoms with Crippen LogP contribution >= 0.6 is 35.3 Å². The average molecular weight is 422 g/mol. The number of halogens is 1. The molecule has 0 aromatic carbocycles. The van der Waals surface area contributed by atoms with Crippen LogP contribution in [0, 0.1) is 13.8 Å². The standard InChI is InChI=1S/C12H18N6OS.HI/c1-4-13-12(15-6-10-17-9(3)18-19-10)16-7-11-14-5-8(2)20-11;/h5H,4,6-7H2,1-3H3,(H2,13,15,16);1H. The second kappa shape index (κ2) is 8.93. The Kier molecular flexibility index (Phi) is 7.57. The number of hydrogen-bond acceptors (Lipinski definition) is 6. The molecule has 2 aromatic heterocycles. The summed E-state index contributed by atoms with van der Waals surface area (Å²) < 4.78 is 5.02. The number of nitrogens with zero attached hydrogens (tertiary/aromatic N) is 4. The van der Waals surface area contributed by atoms with Crippen LogP contribution < -0.4 is 10.6 Å². The molecule has 0 amide bonds. The molecule has 0 saturated heterocycles. The smallest absolute Gasteiger partial charge is 0.248 e. The van der Waals surface area contributed by atoms with Gasteiger partial charge in [-0.1, -0.05) is 5.16 Å². The minimum atomic E-state index is 0. The Bertz CT molecular complexity index is 582. The van der Waals surface area contributed by atoms with Gasteiger partial charge in [0.25, 0.3) is 0 Å². The lowest BCUT2D eigenvalue weighted by Crippen LogP contribution is -2.36. The topological polar surface area (TPSA) is 88.2 Å². The van der Waals surface area contributed by atoms with Crippen molar-refractivity contribution in [2.24, 2.45) is 4.99 Å². The summed E-state index contributed by atoms with van der Waals surface area (Å²) in [6, 6.07) is 0. The van der Waals surface area contributed by atoms with Gasteiger partial charge in [0.2, 0.25) is 5.89 Å². The Labute approximate surface area is 144 Å². The van der Waals surface area contributed by atoms with E-state index in [2.05, 4.69) is 30.8 Å². The first-order valence-corrected chi connectivity index (χ1v) is 7.21. The molecule has 0 bridgehead atoms. The van der Waals surface area contributed by atoms with Gasteiger partial charge in [-0.2, -0.15) is 4.98 Å². The highest BCUT2D eigenvalue weighted by Crippen LogP contribution is 2.10. The van der Waals surface area contributed by atoms with Crippen LogP contribution in [0.5, 0.6) is 0 Å². The molecule has 7 nitrogen and oxygen atoms in total. The lowest BCUT2D eigenvalue weighted by Gasteiger charge is -2.09. The summed E-state index contributed by atoms with van der Waals surface area (Å²) in [6.45, 7) is 7.62. The zero-order valence-electron chi connectivity index (χ0n) is 12.2. The summed E-state index contributed by atoms with van der Waals surface area (Å²) in [5.41, 5.74) is 0. The Hall–Kier alpha value is -1.23. The Morgan fingerprint density at radius 1 is 1.38 bits per heavy atom. The summed E-state index contributed by atoms with van der Waals surface area (Å²) >= 11 is 1.67.